The molecule has 98 valence electrons. The molecule has 1 aliphatic carbocycles. The molecule has 0 aromatic carbocycles. The molecular formula is C14H24O3. The Morgan fingerprint density at radius 3 is 2.53 bits per heavy atom. The summed E-state index contributed by atoms with van der Waals surface area (Å²) in [6, 6.07) is 0. The lowest BCUT2D eigenvalue weighted by Crippen LogP contribution is -2.35. The molecule has 1 saturated carbocycles. The summed E-state index contributed by atoms with van der Waals surface area (Å²) in [4.78, 5) is 11.5. The zero-order chi connectivity index (χ0) is 13.0. The summed E-state index contributed by atoms with van der Waals surface area (Å²) >= 11 is 0. The lowest BCUT2D eigenvalue weighted by atomic mass is 9.75. The van der Waals surface area contributed by atoms with E-state index in [0.717, 1.165) is 12.8 Å². The van der Waals surface area contributed by atoms with Gasteiger partial charge >= 0.3 is 6.16 Å². The summed E-state index contributed by atoms with van der Waals surface area (Å²) in [6.45, 7) is 11.7. The van der Waals surface area contributed by atoms with E-state index in [1.54, 1.807) is 6.92 Å². The normalized spacial score (nSPS) is 28.9. The van der Waals surface area contributed by atoms with Gasteiger partial charge in [-0.15, -0.1) is 0 Å². The largest absolute Gasteiger partial charge is 0.513 e. The second kappa shape index (κ2) is 6.08. The van der Waals surface area contributed by atoms with Gasteiger partial charge in [0.05, 0.1) is 0 Å². The minimum atomic E-state index is -0.609. The van der Waals surface area contributed by atoms with Crippen LogP contribution in [0.5, 0.6) is 0 Å². The molecule has 0 spiro atoms. The molecule has 3 atom stereocenters. The summed E-state index contributed by atoms with van der Waals surface area (Å²) in [6.07, 6.45) is 2.67. The third kappa shape index (κ3) is 4.41. The van der Waals surface area contributed by atoms with Gasteiger partial charge in [0, 0.05) is 0 Å². The van der Waals surface area contributed by atoms with Crippen molar-refractivity contribution in [2.24, 2.45) is 17.8 Å². The second-order valence-corrected chi connectivity index (χ2v) is 5.54. The van der Waals surface area contributed by atoms with Gasteiger partial charge in [0.2, 0.25) is 0 Å². The maximum Gasteiger partial charge on any atom is 0.513 e. The zero-order valence-electron chi connectivity index (χ0n) is 11.4. The highest BCUT2D eigenvalue weighted by Gasteiger charge is 2.33. The van der Waals surface area contributed by atoms with E-state index >= 15 is 0 Å². The number of hydrogen-bond donors (Lipinski definition) is 0. The maximum absolute atomic E-state index is 11.5. The van der Waals surface area contributed by atoms with Crippen LogP contribution >= 0.6 is 0 Å². The van der Waals surface area contributed by atoms with Crippen LogP contribution in [-0.4, -0.2) is 12.3 Å². The van der Waals surface area contributed by atoms with Crippen molar-refractivity contribution in [2.75, 3.05) is 0 Å². The number of allylic oxidation sites excluding steroid dienone is 1. The molecule has 0 unspecified atom stereocenters. The third-order valence-electron chi connectivity index (χ3n) is 3.47. The van der Waals surface area contributed by atoms with Crippen LogP contribution in [-0.2, 0) is 9.47 Å². The Bertz CT molecular complexity index is 283. The first-order valence-corrected chi connectivity index (χ1v) is 6.44. The summed E-state index contributed by atoms with van der Waals surface area (Å²) < 4.78 is 10.3. The molecule has 0 saturated heterocycles. The quantitative estimate of drug-likeness (QED) is 0.549. The molecule has 1 rings (SSSR count). The fourth-order valence-electron chi connectivity index (χ4n) is 2.54. The zero-order valence-corrected chi connectivity index (χ0v) is 11.4. The van der Waals surface area contributed by atoms with Crippen molar-refractivity contribution in [1.29, 1.82) is 0 Å². The third-order valence-corrected chi connectivity index (χ3v) is 3.47. The summed E-state index contributed by atoms with van der Waals surface area (Å²) in [5, 5.41) is 0. The Morgan fingerprint density at radius 1 is 1.35 bits per heavy atom. The Balaban J connectivity index is 2.57. The predicted molar refractivity (Wildman–Crippen MR) is 67.5 cm³/mol. The highest BCUT2D eigenvalue weighted by atomic mass is 16.7. The maximum atomic E-state index is 11.5. The minimum Gasteiger partial charge on any atom is -0.430 e. The van der Waals surface area contributed by atoms with Crippen molar-refractivity contribution in [2.45, 2.75) is 53.1 Å². The van der Waals surface area contributed by atoms with Crippen LogP contribution in [0.15, 0.2) is 12.3 Å². The van der Waals surface area contributed by atoms with E-state index in [2.05, 4.69) is 27.4 Å². The van der Waals surface area contributed by atoms with Crippen LogP contribution in [0.3, 0.4) is 0 Å². The molecule has 1 aliphatic rings. The smallest absolute Gasteiger partial charge is 0.430 e. The van der Waals surface area contributed by atoms with E-state index in [1.807, 2.05) is 0 Å². The van der Waals surface area contributed by atoms with Crippen LogP contribution in [0.1, 0.15) is 47.0 Å². The molecule has 0 aliphatic heterocycles. The lowest BCUT2D eigenvalue weighted by molar-refractivity contribution is -0.0225. The Hall–Kier alpha value is -0.990. The van der Waals surface area contributed by atoms with E-state index in [4.69, 9.17) is 9.47 Å². The molecule has 0 aromatic rings. The van der Waals surface area contributed by atoms with Gasteiger partial charge in [-0.2, -0.15) is 0 Å². The van der Waals surface area contributed by atoms with E-state index in [9.17, 15) is 4.79 Å². The van der Waals surface area contributed by atoms with Crippen molar-refractivity contribution < 1.29 is 14.3 Å². The van der Waals surface area contributed by atoms with E-state index in [1.165, 1.54) is 6.42 Å². The molecule has 0 N–H and O–H groups in total. The van der Waals surface area contributed by atoms with Crippen LogP contribution in [0.4, 0.5) is 4.79 Å². The van der Waals surface area contributed by atoms with Crippen molar-refractivity contribution in [3.05, 3.63) is 12.3 Å². The van der Waals surface area contributed by atoms with Gasteiger partial charge in [-0.3, -0.25) is 0 Å². The Morgan fingerprint density at radius 2 is 2.00 bits per heavy atom. The summed E-state index contributed by atoms with van der Waals surface area (Å²) in [7, 11) is 0. The lowest BCUT2D eigenvalue weighted by Gasteiger charge is -2.36. The average Bonchev–Trinajstić information content (AvgIpc) is 2.15. The molecule has 17 heavy (non-hydrogen) atoms. The number of hydrogen-bond acceptors (Lipinski definition) is 3. The van der Waals surface area contributed by atoms with Crippen LogP contribution < -0.4 is 0 Å². The first kappa shape index (κ1) is 14.1. The topological polar surface area (TPSA) is 35.5 Å². The van der Waals surface area contributed by atoms with E-state index in [-0.39, 0.29) is 6.10 Å². The van der Waals surface area contributed by atoms with Gasteiger partial charge in [-0.25, -0.2) is 4.79 Å². The molecule has 0 radical (unpaired) electrons. The summed E-state index contributed by atoms with van der Waals surface area (Å²) in [5.41, 5.74) is 0. The fourth-order valence-corrected chi connectivity index (χ4v) is 2.54. The van der Waals surface area contributed by atoms with Gasteiger partial charge in [0.1, 0.15) is 11.9 Å². The predicted octanol–water partition coefficient (Wildman–Crippen LogP) is 4.13. The van der Waals surface area contributed by atoms with Gasteiger partial charge in [0.25, 0.3) is 0 Å². The van der Waals surface area contributed by atoms with E-state index < -0.39 is 6.16 Å². The van der Waals surface area contributed by atoms with E-state index in [0.29, 0.717) is 23.5 Å². The molecule has 3 heteroatoms. The highest BCUT2D eigenvalue weighted by molar-refractivity contribution is 5.61. The molecule has 0 aromatic heterocycles. The first-order chi connectivity index (χ1) is 7.90. The van der Waals surface area contributed by atoms with Crippen molar-refractivity contribution in [1.82, 2.24) is 0 Å². The fraction of sp³-hybridized carbons (Fsp3) is 0.786. The van der Waals surface area contributed by atoms with Gasteiger partial charge in [-0.1, -0.05) is 33.8 Å². The van der Waals surface area contributed by atoms with Crippen LogP contribution in [0.25, 0.3) is 0 Å². The standard InChI is InChI=1S/C14H24O3/c1-9(2)12-7-6-11(5)8-13(12)17-14(15)16-10(3)4/h9,11-13H,3,6-8H2,1-2,4-5H3/t11-,12+,13-/m1/s1. The van der Waals surface area contributed by atoms with Gasteiger partial charge in [0.15, 0.2) is 0 Å². The average molecular weight is 240 g/mol. The van der Waals surface area contributed by atoms with Crippen molar-refractivity contribution in [3.63, 3.8) is 0 Å². The monoisotopic (exact) mass is 240 g/mol. The Labute approximate surface area is 104 Å². The molecular weight excluding hydrogens is 216 g/mol. The van der Waals surface area contributed by atoms with Crippen molar-refractivity contribution in [3.8, 4) is 0 Å². The van der Waals surface area contributed by atoms with Crippen LogP contribution in [0.2, 0.25) is 0 Å². The van der Waals surface area contributed by atoms with Gasteiger partial charge in [-0.05, 0) is 37.5 Å². The molecule has 0 amide bonds. The number of carbonyl (C=O) groups is 1. The highest BCUT2D eigenvalue weighted by Crippen LogP contribution is 2.35. The van der Waals surface area contributed by atoms with Crippen molar-refractivity contribution >= 4 is 6.16 Å². The molecule has 0 bridgehead atoms. The molecule has 3 nitrogen and oxygen atoms in total. The number of rotatable bonds is 3. The number of ether oxygens (including phenoxy) is 2. The van der Waals surface area contributed by atoms with Gasteiger partial charge < -0.3 is 9.47 Å². The SMILES string of the molecule is C=C(C)OC(=O)O[C@@H]1C[C@H](C)CC[C@H]1C(C)C. The Kier molecular flexibility index (Phi) is 5.03. The second-order valence-electron chi connectivity index (χ2n) is 5.54. The number of carbonyl (C=O) groups excluding carboxylic acids is 1. The molecule has 0 heterocycles. The molecule has 1 fully saturated rings. The minimum absolute atomic E-state index is 0.00870. The first-order valence-electron chi connectivity index (χ1n) is 6.44. The summed E-state index contributed by atoms with van der Waals surface area (Å²) in [5.74, 6) is 1.97. The van der Waals surface area contributed by atoms with Crippen LogP contribution in [0, 0.1) is 17.8 Å².